The SMILES string of the molecule is C1COCC[NH2+]1.NS(=O)(=O)[O-]. The van der Waals surface area contributed by atoms with Crippen LogP contribution in [0.3, 0.4) is 0 Å². The molecule has 0 aromatic heterocycles. The molecule has 1 rings (SSSR count). The molecule has 68 valence electrons. The Hall–Kier alpha value is -0.210. The molecule has 11 heavy (non-hydrogen) atoms. The van der Waals surface area contributed by atoms with Gasteiger partial charge in [-0.1, -0.05) is 0 Å². The van der Waals surface area contributed by atoms with E-state index >= 15 is 0 Å². The smallest absolute Gasteiger partial charge is 0.156 e. The largest absolute Gasteiger partial charge is 0.736 e. The number of rotatable bonds is 0. The first-order valence-electron chi connectivity index (χ1n) is 3.13. The molecule has 0 bridgehead atoms. The summed E-state index contributed by atoms with van der Waals surface area (Å²) < 4.78 is 31.6. The summed E-state index contributed by atoms with van der Waals surface area (Å²) in [4.78, 5) is 0. The molecular formula is C4H12N2O4S. The quantitative estimate of drug-likeness (QED) is 0.390. The first-order chi connectivity index (χ1) is 5.00. The fraction of sp³-hybridized carbons (Fsp3) is 1.00. The first-order valence-corrected chi connectivity index (χ1v) is 4.60. The number of hydrogen-bond donors (Lipinski definition) is 2. The molecule has 0 radical (unpaired) electrons. The van der Waals surface area contributed by atoms with Gasteiger partial charge in [-0.2, -0.15) is 0 Å². The van der Waals surface area contributed by atoms with Gasteiger partial charge in [-0.25, -0.2) is 13.6 Å². The Labute approximate surface area is 65.6 Å². The van der Waals surface area contributed by atoms with Crippen LogP contribution in [-0.4, -0.2) is 39.3 Å². The molecule has 1 aliphatic rings. The lowest BCUT2D eigenvalue weighted by Crippen LogP contribution is -2.87. The number of nitrogens with two attached hydrogens (primary N) is 2. The third-order valence-corrected chi connectivity index (χ3v) is 0.933. The van der Waals surface area contributed by atoms with Gasteiger partial charge in [0.05, 0.1) is 26.3 Å². The van der Waals surface area contributed by atoms with E-state index in [0.717, 1.165) is 26.3 Å². The van der Waals surface area contributed by atoms with Crippen molar-refractivity contribution in [3.8, 4) is 0 Å². The first kappa shape index (κ1) is 10.8. The highest BCUT2D eigenvalue weighted by Crippen LogP contribution is 1.69. The summed E-state index contributed by atoms with van der Waals surface area (Å²) in [6, 6.07) is 0. The predicted octanol–water partition coefficient (Wildman–Crippen LogP) is -3.01. The molecule has 0 atom stereocenters. The fourth-order valence-corrected chi connectivity index (χ4v) is 0.580. The molecule has 1 aliphatic heterocycles. The molecule has 1 heterocycles. The van der Waals surface area contributed by atoms with Gasteiger partial charge >= 0.3 is 0 Å². The van der Waals surface area contributed by atoms with Crippen LogP contribution in [0.5, 0.6) is 0 Å². The molecule has 6 nitrogen and oxygen atoms in total. The lowest BCUT2D eigenvalue weighted by molar-refractivity contribution is -0.670. The van der Waals surface area contributed by atoms with E-state index in [9.17, 15) is 0 Å². The summed E-state index contributed by atoms with van der Waals surface area (Å²) in [6.07, 6.45) is 0. The summed E-state index contributed by atoms with van der Waals surface area (Å²) in [5.74, 6) is 0. The summed E-state index contributed by atoms with van der Waals surface area (Å²) in [6.45, 7) is 4.19. The highest BCUT2D eigenvalue weighted by molar-refractivity contribution is 7.83. The molecule has 0 aromatic rings. The van der Waals surface area contributed by atoms with Crippen molar-refractivity contribution >= 4 is 10.3 Å². The molecule has 1 fully saturated rings. The van der Waals surface area contributed by atoms with Crippen LogP contribution in [0.25, 0.3) is 0 Å². The highest BCUT2D eigenvalue weighted by Gasteiger charge is 1.96. The molecular weight excluding hydrogens is 172 g/mol. The van der Waals surface area contributed by atoms with E-state index in [-0.39, 0.29) is 0 Å². The summed E-state index contributed by atoms with van der Waals surface area (Å²) in [7, 11) is -4.42. The Kier molecular flexibility index (Phi) is 5.34. The van der Waals surface area contributed by atoms with Gasteiger partial charge in [0, 0.05) is 0 Å². The van der Waals surface area contributed by atoms with Crippen molar-refractivity contribution in [3.63, 3.8) is 0 Å². The van der Waals surface area contributed by atoms with Gasteiger partial charge in [-0.3, -0.25) is 0 Å². The standard InChI is InChI=1S/C4H9NO.H3NO3S/c1-3-6-4-2-5-1;1-5(2,3)4/h5H,1-4H2;(H3,1,2,3,4). The van der Waals surface area contributed by atoms with Crippen LogP contribution < -0.4 is 10.5 Å². The minimum absolute atomic E-state index is 0.944. The minimum Gasteiger partial charge on any atom is -0.736 e. The van der Waals surface area contributed by atoms with Crippen LogP contribution in [0.15, 0.2) is 0 Å². The van der Waals surface area contributed by atoms with Crippen molar-refractivity contribution < 1.29 is 23.0 Å². The van der Waals surface area contributed by atoms with Gasteiger partial charge < -0.3 is 14.6 Å². The number of ether oxygens (including phenoxy) is 1. The van der Waals surface area contributed by atoms with Gasteiger partial charge in [-0.05, 0) is 0 Å². The zero-order valence-corrected chi connectivity index (χ0v) is 6.84. The van der Waals surface area contributed by atoms with Crippen LogP contribution in [0, 0.1) is 0 Å². The molecule has 0 aliphatic carbocycles. The van der Waals surface area contributed by atoms with Gasteiger partial charge in [-0.15, -0.1) is 0 Å². The lowest BCUT2D eigenvalue weighted by Gasteiger charge is -2.07. The van der Waals surface area contributed by atoms with Crippen LogP contribution in [-0.2, 0) is 15.0 Å². The van der Waals surface area contributed by atoms with E-state index in [1.807, 2.05) is 0 Å². The number of hydrogen-bond acceptors (Lipinski definition) is 4. The predicted molar refractivity (Wildman–Crippen MR) is 36.4 cm³/mol. The molecule has 0 aromatic carbocycles. The Morgan fingerprint density at radius 2 is 1.73 bits per heavy atom. The summed E-state index contributed by atoms with van der Waals surface area (Å²) in [5.41, 5.74) is 0. The molecule has 0 saturated carbocycles. The van der Waals surface area contributed by atoms with Crippen LogP contribution in [0.2, 0.25) is 0 Å². The van der Waals surface area contributed by atoms with Gasteiger partial charge in [0.25, 0.3) is 0 Å². The van der Waals surface area contributed by atoms with Crippen LogP contribution in [0.1, 0.15) is 0 Å². The normalized spacial score (nSPS) is 18.4. The second-order valence-corrected chi connectivity index (χ2v) is 2.96. The fourth-order valence-electron chi connectivity index (χ4n) is 0.580. The summed E-state index contributed by atoms with van der Waals surface area (Å²) >= 11 is 0. The van der Waals surface area contributed by atoms with Gasteiger partial charge in [0.15, 0.2) is 10.3 Å². The van der Waals surface area contributed by atoms with Crippen molar-refractivity contribution in [1.29, 1.82) is 0 Å². The second-order valence-electron chi connectivity index (χ2n) is 1.97. The van der Waals surface area contributed by atoms with Crippen molar-refractivity contribution in [3.05, 3.63) is 0 Å². The molecule has 4 N–H and O–H groups in total. The van der Waals surface area contributed by atoms with Crippen molar-refractivity contribution in [1.82, 2.24) is 0 Å². The van der Waals surface area contributed by atoms with E-state index in [1.54, 1.807) is 0 Å². The third-order valence-electron chi connectivity index (χ3n) is 0.933. The highest BCUT2D eigenvalue weighted by atomic mass is 32.2. The van der Waals surface area contributed by atoms with Crippen molar-refractivity contribution in [2.24, 2.45) is 5.14 Å². The van der Waals surface area contributed by atoms with Crippen molar-refractivity contribution in [2.45, 2.75) is 0 Å². The maximum Gasteiger partial charge on any atom is 0.156 e. The zero-order chi connectivity index (χ0) is 8.74. The lowest BCUT2D eigenvalue weighted by atomic mass is 10.5. The molecule has 0 spiro atoms. The van der Waals surface area contributed by atoms with Gasteiger partial charge in [0.2, 0.25) is 0 Å². The van der Waals surface area contributed by atoms with E-state index < -0.39 is 10.3 Å². The Morgan fingerprint density at radius 3 is 1.82 bits per heavy atom. The average Bonchev–Trinajstić information content (AvgIpc) is 1.88. The second kappa shape index (κ2) is 5.44. The third kappa shape index (κ3) is 17.7. The Morgan fingerprint density at radius 1 is 1.36 bits per heavy atom. The molecule has 7 heteroatoms. The zero-order valence-electron chi connectivity index (χ0n) is 6.02. The van der Waals surface area contributed by atoms with Crippen LogP contribution >= 0.6 is 0 Å². The number of morpholine rings is 1. The molecule has 1 saturated heterocycles. The maximum absolute atomic E-state index is 8.85. The van der Waals surface area contributed by atoms with E-state index in [1.165, 1.54) is 0 Å². The van der Waals surface area contributed by atoms with Gasteiger partial charge in [0.1, 0.15) is 0 Å². The Bertz CT molecular complexity index is 155. The average molecular weight is 184 g/mol. The van der Waals surface area contributed by atoms with Crippen molar-refractivity contribution in [2.75, 3.05) is 26.3 Å². The Balaban J connectivity index is 0.000000187. The van der Waals surface area contributed by atoms with E-state index in [2.05, 4.69) is 10.5 Å². The summed E-state index contributed by atoms with van der Waals surface area (Å²) in [5, 5.41) is 6.04. The maximum atomic E-state index is 8.85. The van der Waals surface area contributed by atoms with E-state index in [4.69, 9.17) is 17.7 Å². The molecule has 0 amide bonds. The monoisotopic (exact) mass is 184 g/mol. The van der Waals surface area contributed by atoms with E-state index in [0.29, 0.717) is 0 Å². The molecule has 0 unspecified atom stereocenters. The van der Waals surface area contributed by atoms with Crippen LogP contribution in [0.4, 0.5) is 0 Å². The number of quaternary nitrogens is 1. The topological polar surface area (TPSA) is 109 Å². The minimum atomic E-state index is -4.42.